The van der Waals surface area contributed by atoms with Gasteiger partial charge in [-0.3, -0.25) is 0 Å². The van der Waals surface area contributed by atoms with E-state index in [0.29, 0.717) is 11.4 Å². The van der Waals surface area contributed by atoms with Crippen LogP contribution in [-0.4, -0.2) is 12.0 Å². The number of H-pyrrole nitrogens is 1. The minimum absolute atomic E-state index is 0.321. The van der Waals surface area contributed by atoms with Crippen molar-refractivity contribution >= 4 is 17.1 Å². The van der Waals surface area contributed by atoms with Gasteiger partial charge < -0.3 is 15.6 Å². The van der Waals surface area contributed by atoms with Gasteiger partial charge in [-0.15, -0.1) is 0 Å². The Morgan fingerprint density at radius 1 is 1.33 bits per heavy atom. The van der Waals surface area contributed by atoms with Gasteiger partial charge in [0.05, 0.1) is 11.4 Å². The van der Waals surface area contributed by atoms with Crippen LogP contribution < -0.4 is 10.6 Å². The third-order valence-corrected chi connectivity index (χ3v) is 2.32. The number of nitrogens with zero attached hydrogens (tertiary/aromatic N) is 1. The fraction of sp³-hybridized carbons (Fsp3) is 0.0909. The molecule has 0 radical (unpaired) electrons. The molecule has 0 bridgehead atoms. The van der Waals surface area contributed by atoms with Crippen molar-refractivity contribution in [1.29, 1.82) is 0 Å². The van der Waals surface area contributed by atoms with E-state index in [1.54, 1.807) is 36.5 Å². The smallest absolute Gasteiger partial charge is 0.148 e. The molecular formula is C11H12FN3. The van der Waals surface area contributed by atoms with E-state index in [-0.39, 0.29) is 5.82 Å². The zero-order valence-electron chi connectivity index (χ0n) is 8.37. The normalized spacial score (nSPS) is 10.3. The number of nitrogens with one attached hydrogen (secondary N) is 1. The van der Waals surface area contributed by atoms with Crippen molar-refractivity contribution in [1.82, 2.24) is 4.98 Å². The highest BCUT2D eigenvalue weighted by atomic mass is 19.1. The number of hydrogen-bond donors (Lipinski definition) is 2. The van der Waals surface area contributed by atoms with Crippen LogP contribution >= 0.6 is 0 Å². The maximum atomic E-state index is 13.6. The molecule has 1 aromatic carbocycles. The summed E-state index contributed by atoms with van der Waals surface area (Å²) in [6, 6.07) is 6.53. The number of halogens is 1. The van der Waals surface area contributed by atoms with Crippen LogP contribution in [0.5, 0.6) is 0 Å². The van der Waals surface area contributed by atoms with Gasteiger partial charge in [-0.1, -0.05) is 6.07 Å². The summed E-state index contributed by atoms with van der Waals surface area (Å²) in [5.41, 5.74) is 7.43. The molecular weight excluding hydrogens is 193 g/mol. The molecule has 0 aliphatic heterocycles. The summed E-state index contributed by atoms with van der Waals surface area (Å²) in [7, 11) is 1.78. The summed E-state index contributed by atoms with van der Waals surface area (Å²) in [4.78, 5) is 4.62. The Morgan fingerprint density at radius 3 is 2.73 bits per heavy atom. The molecule has 0 aliphatic rings. The van der Waals surface area contributed by atoms with Crippen LogP contribution in [0.4, 0.5) is 21.5 Å². The molecule has 0 atom stereocenters. The maximum Gasteiger partial charge on any atom is 0.148 e. The first kappa shape index (κ1) is 9.58. The predicted molar refractivity (Wildman–Crippen MR) is 59.7 cm³/mol. The van der Waals surface area contributed by atoms with Crippen LogP contribution in [0.3, 0.4) is 0 Å². The van der Waals surface area contributed by atoms with Crippen LogP contribution in [0.25, 0.3) is 0 Å². The summed E-state index contributed by atoms with van der Waals surface area (Å²) in [6.45, 7) is 0. The first-order valence-corrected chi connectivity index (χ1v) is 4.60. The summed E-state index contributed by atoms with van der Waals surface area (Å²) in [5, 5.41) is 0. The Morgan fingerprint density at radius 2 is 2.13 bits per heavy atom. The van der Waals surface area contributed by atoms with E-state index in [9.17, 15) is 4.39 Å². The fourth-order valence-electron chi connectivity index (χ4n) is 1.54. The summed E-state index contributed by atoms with van der Waals surface area (Å²) >= 11 is 0. The van der Waals surface area contributed by atoms with Crippen LogP contribution in [-0.2, 0) is 0 Å². The molecule has 0 aliphatic carbocycles. The van der Waals surface area contributed by atoms with Crippen molar-refractivity contribution in [2.45, 2.75) is 0 Å². The molecule has 1 heterocycles. The molecule has 0 amide bonds. The van der Waals surface area contributed by atoms with Gasteiger partial charge in [0.1, 0.15) is 11.5 Å². The second-order valence-corrected chi connectivity index (χ2v) is 3.31. The molecule has 0 unspecified atom stereocenters. The van der Waals surface area contributed by atoms with Crippen molar-refractivity contribution in [3.8, 4) is 0 Å². The third kappa shape index (κ3) is 1.66. The molecule has 3 nitrogen and oxygen atoms in total. The number of nitrogens with two attached hydrogens (primary N) is 1. The Labute approximate surface area is 87.3 Å². The second kappa shape index (κ2) is 3.65. The minimum atomic E-state index is -0.321. The largest absolute Gasteiger partial charge is 0.397 e. The quantitative estimate of drug-likeness (QED) is 0.740. The van der Waals surface area contributed by atoms with Gasteiger partial charge in [0.2, 0.25) is 0 Å². The summed E-state index contributed by atoms with van der Waals surface area (Å²) < 4.78 is 13.6. The van der Waals surface area contributed by atoms with Gasteiger partial charge in [-0.05, 0) is 18.2 Å². The first-order chi connectivity index (χ1) is 7.20. The number of benzene rings is 1. The molecule has 0 fully saturated rings. The topological polar surface area (TPSA) is 45.0 Å². The second-order valence-electron chi connectivity index (χ2n) is 3.31. The van der Waals surface area contributed by atoms with Gasteiger partial charge in [-0.25, -0.2) is 4.39 Å². The number of anilines is 3. The van der Waals surface area contributed by atoms with Crippen molar-refractivity contribution in [3.05, 3.63) is 42.5 Å². The predicted octanol–water partition coefficient (Wildman–Crippen LogP) is 2.50. The van der Waals surface area contributed by atoms with E-state index in [0.717, 1.165) is 5.69 Å². The molecule has 2 rings (SSSR count). The van der Waals surface area contributed by atoms with Crippen molar-refractivity contribution in [3.63, 3.8) is 0 Å². The van der Waals surface area contributed by atoms with Crippen molar-refractivity contribution in [2.75, 3.05) is 17.7 Å². The SMILES string of the molecule is CN(c1cc[nH]c1)c1c(N)cccc1F. The van der Waals surface area contributed by atoms with Gasteiger partial charge in [0.25, 0.3) is 0 Å². The molecule has 1 aromatic heterocycles. The monoisotopic (exact) mass is 205 g/mol. The number of rotatable bonds is 2. The lowest BCUT2D eigenvalue weighted by molar-refractivity contribution is 0.628. The van der Waals surface area contributed by atoms with Crippen LogP contribution in [0.2, 0.25) is 0 Å². The number of aromatic nitrogens is 1. The van der Waals surface area contributed by atoms with E-state index in [1.165, 1.54) is 6.07 Å². The average molecular weight is 205 g/mol. The molecule has 4 heteroatoms. The number of aromatic amines is 1. The molecule has 15 heavy (non-hydrogen) atoms. The average Bonchev–Trinajstić information content (AvgIpc) is 2.69. The Hall–Kier alpha value is -1.97. The fourth-order valence-corrected chi connectivity index (χ4v) is 1.54. The van der Waals surface area contributed by atoms with Gasteiger partial charge in [0, 0.05) is 19.4 Å². The summed E-state index contributed by atoms with van der Waals surface area (Å²) in [6.07, 6.45) is 3.56. The minimum Gasteiger partial charge on any atom is -0.397 e. The Kier molecular flexibility index (Phi) is 2.33. The number of para-hydroxylation sites is 1. The standard InChI is InChI=1S/C11H12FN3/c1-15(8-5-6-14-7-8)11-9(12)3-2-4-10(11)13/h2-7,14H,13H2,1H3. The lowest BCUT2D eigenvalue weighted by atomic mass is 10.2. The van der Waals surface area contributed by atoms with Gasteiger partial charge in [-0.2, -0.15) is 0 Å². The zero-order chi connectivity index (χ0) is 10.8. The summed E-state index contributed by atoms with van der Waals surface area (Å²) in [5.74, 6) is -0.321. The van der Waals surface area contributed by atoms with Crippen molar-refractivity contribution in [2.24, 2.45) is 0 Å². The highest BCUT2D eigenvalue weighted by molar-refractivity contribution is 5.74. The van der Waals surface area contributed by atoms with E-state index < -0.39 is 0 Å². The highest BCUT2D eigenvalue weighted by Crippen LogP contribution is 2.30. The number of nitrogen functional groups attached to an aromatic ring is 1. The van der Waals surface area contributed by atoms with E-state index in [4.69, 9.17) is 5.73 Å². The van der Waals surface area contributed by atoms with E-state index in [2.05, 4.69) is 4.98 Å². The first-order valence-electron chi connectivity index (χ1n) is 4.60. The Balaban J connectivity index is 2.46. The van der Waals surface area contributed by atoms with E-state index >= 15 is 0 Å². The third-order valence-electron chi connectivity index (χ3n) is 2.32. The van der Waals surface area contributed by atoms with Crippen LogP contribution in [0.1, 0.15) is 0 Å². The van der Waals surface area contributed by atoms with Crippen molar-refractivity contribution < 1.29 is 4.39 Å². The molecule has 3 N–H and O–H groups in total. The van der Waals surface area contributed by atoms with Crippen LogP contribution in [0, 0.1) is 5.82 Å². The molecule has 78 valence electrons. The molecule has 2 aromatic rings. The molecule has 0 spiro atoms. The van der Waals surface area contributed by atoms with E-state index in [1.807, 2.05) is 6.07 Å². The lowest BCUT2D eigenvalue weighted by Crippen LogP contribution is -2.12. The molecule has 0 saturated carbocycles. The molecule has 0 saturated heterocycles. The maximum absolute atomic E-state index is 13.6. The Bertz CT molecular complexity index is 431. The lowest BCUT2D eigenvalue weighted by Gasteiger charge is -2.20. The van der Waals surface area contributed by atoms with Gasteiger partial charge in [0.15, 0.2) is 0 Å². The van der Waals surface area contributed by atoms with Crippen LogP contribution in [0.15, 0.2) is 36.7 Å². The zero-order valence-corrected chi connectivity index (χ0v) is 8.37. The highest BCUT2D eigenvalue weighted by Gasteiger charge is 2.12. The van der Waals surface area contributed by atoms with Gasteiger partial charge >= 0.3 is 0 Å². The number of hydrogen-bond acceptors (Lipinski definition) is 2.